The highest BCUT2D eigenvalue weighted by Gasteiger charge is 2.32. The Hall–Kier alpha value is -3.44. The molecule has 5 rings (SSSR count). The Bertz CT molecular complexity index is 1300. The number of benzene rings is 3. The Morgan fingerprint density at radius 1 is 0.931 bits per heavy atom. The number of likely N-dealkylation sites (N-methyl/N-ethyl adjacent to an activating group) is 1. The first-order valence-corrected chi connectivity index (χ1v) is 9.92. The molecule has 4 nitrogen and oxygen atoms in total. The van der Waals surface area contributed by atoms with Crippen LogP contribution in [0.5, 0.6) is 0 Å². The zero-order chi connectivity index (χ0) is 20.0. The molecule has 2 heterocycles. The van der Waals surface area contributed by atoms with Gasteiger partial charge >= 0.3 is 0 Å². The molecule has 5 heteroatoms. The first-order valence-electron chi connectivity index (χ1n) is 9.51. The van der Waals surface area contributed by atoms with Crippen LogP contribution in [0.25, 0.3) is 33.6 Å². The van der Waals surface area contributed by atoms with Crippen LogP contribution in [0.1, 0.15) is 12.5 Å². The molecule has 1 aliphatic rings. The van der Waals surface area contributed by atoms with E-state index in [-0.39, 0.29) is 16.8 Å². The van der Waals surface area contributed by atoms with Gasteiger partial charge in [0.05, 0.1) is 11.0 Å². The number of carbonyl (C=O) groups is 1. The number of aromatic nitrogens is 1. The van der Waals surface area contributed by atoms with E-state index in [1.807, 2.05) is 37.3 Å². The second kappa shape index (κ2) is 6.87. The number of nitrogens with zero attached hydrogens (tertiary/aromatic N) is 2. The van der Waals surface area contributed by atoms with Crippen molar-refractivity contribution < 1.29 is 9.53 Å². The lowest BCUT2D eigenvalue weighted by Gasteiger charge is -2.07. The highest BCUT2D eigenvalue weighted by atomic mass is 32.1. The van der Waals surface area contributed by atoms with Crippen molar-refractivity contribution in [2.24, 2.45) is 0 Å². The third-order valence-corrected chi connectivity index (χ3v) is 5.50. The maximum absolute atomic E-state index is 12.5. The van der Waals surface area contributed by atoms with E-state index >= 15 is 0 Å². The van der Waals surface area contributed by atoms with Gasteiger partial charge in [-0.1, -0.05) is 42.5 Å². The minimum atomic E-state index is -0.190. The van der Waals surface area contributed by atoms with Gasteiger partial charge in [0.15, 0.2) is 5.76 Å². The Morgan fingerprint density at radius 2 is 1.66 bits per heavy atom. The van der Waals surface area contributed by atoms with E-state index in [0.717, 1.165) is 33.1 Å². The molecule has 1 saturated heterocycles. The van der Waals surface area contributed by atoms with E-state index in [1.165, 1.54) is 4.90 Å². The van der Waals surface area contributed by atoms with Crippen molar-refractivity contribution in [3.8, 4) is 5.69 Å². The van der Waals surface area contributed by atoms with Crippen LogP contribution in [0, 0.1) is 0 Å². The van der Waals surface area contributed by atoms with Crippen LogP contribution in [0.4, 0.5) is 0 Å². The number of rotatable bonds is 3. The Kier molecular flexibility index (Phi) is 4.18. The monoisotopic (exact) mass is 398 g/mol. The number of carbonyl (C=O) groups excluding carboxylic acids is 1. The zero-order valence-corrected chi connectivity index (χ0v) is 16.6. The maximum Gasteiger partial charge on any atom is 0.297 e. The van der Waals surface area contributed by atoms with Crippen molar-refractivity contribution in [2.45, 2.75) is 6.92 Å². The summed E-state index contributed by atoms with van der Waals surface area (Å²) in [6.45, 7) is 2.37. The quantitative estimate of drug-likeness (QED) is 0.347. The lowest BCUT2D eigenvalue weighted by Crippen LogP contribution is -2.27. The average molecular weight is 398 g/mol. The molecule has 0 aliphatic carbocycles. The SMILES string of the molecule is CCN1C(=O)C(=Cc2ccc3c(c2)c2ccccc2n3-c2ccccc2)OC1=S. The van der Waals surface area contributed by atoms with E-state index in [1.54, 1.807) is 6.08 Å². The molecule has 29 heavy (non-hydrogen) atoms. The Balaban J connectivity index is 1.69. The van der Waals surface area contributed by atoms with E-state index in [0.29, 0.717) is 6.54 Å². The summed E-state index contributed by atoms with van der Waals surface area (Å²) >= 11 is 5.15. The number of hydrogen-bond donors (Lipinski definition) is 0. The van der Waals surface area contributed by atoms with Crippen LogP contribution in [-0.2, 0) is 9.53 Å². The van der Waals surface area contributed by atoms with Crippen molar-refractivity contribution in [1.82, 2.24) is 9.47 Å². The molecule has 0 radical (unpaired) electrons. The summed E-state index contributed by atoms with van der Waals surface area (Å²) in [6.07, 6.45) is 1.76. The van der Waals surface area contributed by atoms with E-state index in [4.69, 9.17) is 17.0 Å². The predicted molar refractivity (Wildman–Crippen MR) is 120 cm³/mol. The highest BCUT2D eigenvalue weighted by Crippen LogP contribution is 2.33. The molecule has 1 aromatic heterocycles. The highest BCUT2D eigenvalue weighted by molar-refractivity contribution is 7.80. The third-order valence-electron chi connectivity index (χ3n) is 5.20. The molecule has 0 atom stereocenters. The van der Waals surface area contributed by atoms with Gasteiger partial charge in [-0.25, -0.2) is 0 Å². The molecular weight excluding hydrogens is 380 g/mol. The molecular formula is C24H18N2O2S. The van der Waals surface area contributed by atoms with Gasteiger partial charge in [-0.15, -0.1) is 0 Å². The number of thiocarbonyl (C=S) groups is 1. The van der Waals surface area contributed by atoms with Gasteiger partial charge in [-0.2, -0.15) is 0 Å². The minimum absolute atomic E-state index is 0.190. The molecule has 4 aromatic rings. The van der Waals surface area contributed by atoms with Crippen molar-refractivity contribution in [1.29, 1.82) is 0 Å². The second-order valence-electron chi connectivity index (χ2n) is 6.89. The zero-order valence-electron chi connectivity index (χ0n) is 15.8. The summed E-state index contributed by atoms with van der Waals surface area (Å²) in [5, 5.41) is 2.50. The first kappa shape index (κ1) is 17.6. The van der Waals surface area contributed by atoms with Crippen molar-refractivity contribution >= 4 is 51.2 Å². The second-order valence-corrected chi connectivity index (χ2v) is 7.24. The van der Waals surface area contributed by atoms with Gasteiger partial charge in [0.2, 0.25) is 0 Å². The first-order chi connectivity index (χ1) is 14.2. The van der Waals surface area contributed by atoms with Crippen molar-refractivity contribution in [3.05, 3.63) is 84.1 Å². The fourth-order valence-electron chi connectivity index (χ4n) is 3.86. The summed E-state index contributed by atoms with van der Waals surface area (Å²) in [5.74, 6) is 0.0762. The Morgan fingerprint density at radius 3 is 2.41 bits per heavy atom. The third kappa shape index (κ3) is 2.82. The molecule has 142 valence electrons. The van der Waals surface area contributed by atoms with E-state index in [9.17, 15) is 4.79 Å². The van der Waals surface area contributed by atoms with Gasteiger partial charge in [0, 0.05) is 23.0 Å². The number of hydrogen-bond acceptors (Lipinski definition) is 3. The van der Waals surface area contributed by atoms with Gasteiger partial charge in [-0.3, -0.25) is 9.69 Å². The van der Waals surface area contributed by atoms with Crippen molar-refractivity contribution in [3.63, 3.8) is 0 Å². The standard InChI is InChI=1S/C24H18N2O2S/c1-2-25-23(27)22(28-24(25)29)15-16-12-13-21-19(14-16)18-10-6-7-11-20(18)26(21)17-8-4-3-5-9-17/h3-15H,2H2,1H3. The number of fused-ring (bicyclic) bond motifs is 3. The molecule has 1 fully saturated rings. The molecule has 0 unspecified atom stereocenters. The fraction of sp³-hybridized carbons (Fsp3) is 0.0833. The Labute approximate surface area is 173 Å². The van der Waals surface area contributed by atoms with Crippen LogP contribution < -0.4 is 0 Å². The normalized spacial score (nSPS) is 15.6. The van der Waals surface area contributed by atoms with E-state index < -0.39 is 0 Å². The molecule has 1 amide bonds. The summed E-state index contributed by atoms with van der Waals surface area (Å²) in [7, 11) is 0. The summed E-state index contributed by atoms with van der Waals surface area (Å²) < 4.78 is 7.78. The van der Waals surface area contributed by atoms with Gasteiger partial charge in [0.1, 0.15) is 0 Å². The molecule has 1 aliphatic heterocycles. The number of amides is 1. The molecule has 0 saturated carbocycles. The lowest BCUT2D eigenvalue weighted by molar-refractivity contribution is -0.122. The average Bonchev–Trinajstić information content (AvgIpc) is 3.22. The smallest absolute Gasteiger partial charge is 0.297 e. The summed E-state index contributed by atoms with van der Waals surface area (Å²) in [6, 6.07) is 24.8. The lowest BCUT2D eigenvalue weighted by atomic mass is 10.1. The number of ether oxygens (including phenoxy) is 1. The van der Waals surface area contributed by atoms with Gasteiger partial charge < -0.3 is 9.30 Å². The fourth-order valence-corrected chi connectivity index (χ4v) is 4.16. The maximum atomic E-state index is 12.5. The van der Waals surface area contributed by atoms with E-state index in [2.05, 4.69) is 47.0 Å². The van der Waals surface area contributed by atoms with Crippen LogP contribution >= 0.6 is 12.2 Å². The van der Waals surface area contributed by atoms with Crippen LogP contribution in [-0.4, -0.2) is 27.1 Å². The molecule has 0 bridgehead atoms. The summed E-state index contributed by atoms with van der Waals surface area (Å²) in [5.41, 5.74) is 4.27. The van der Waals surface area contributed by atoms with Crippen LogP contribution in [0.3, 0.4) is 0 Å². The van der Waals surface area contributed by atoms with Crippen LogP contribution in [0.2, 0.25) is 0 Å². The molecule has 0 N–H and O–H groups in total. The number of para-hydroxylation sites is 2. The predicted octanol–water partition coefficient (Wildman–Crippen LogP) is 5.29. The largest absolute Gasteiger partial charge is 0.426 e. The van der Waals surface area contributed by atoms with Crippen LogP contribution in [0.15, 0.2) is 78.6 Å². The molecule has 0 spiro atoms. The molecule has 3 aromatic carbocycles. The van der Waals surface area contributed by atoms with Gasteiger partial charge in [-0.05, 0) is 61.1 Å². The van der Waals surface area contributed by atoms with Gasteiger partial charge in [0.25, 0.3) is 11.1 Å². The minimum Gasteiger partial charge on any atom is -0.426 e. The topological polar surface area (TPSA) is 34.5 Å². The summed E-state index contributed by atoms with van der Waals surface area (Å²) in [4.78, 5) is 13.9. The van der Waals surface area contributed by atoms with Crippen molar-refractivity contribution in [2.75, 3.05) is 6.54 Å².